The van der Waals surface area contributed by atoms with Crippen LogP contribution >= 0.6 is 0 Å². The van der Waals surface area contributed by atoms with E-state index in [-0.39, 0.29) is 24.1 Å². The molecule has 1 aliphatic heterocycles. The lowest BCUT2D eigenvalue weighted by Gasteiger charge is -2.24. The van der Waals surface area contributed by atoms with Crippen LogP contribution in [-0.4, -0.2) is 34.6 Å². The molecule has 0 aliphatic carbocycles. The number of carbonyl (C=O) groups excluding carboxylic acids is 3. The van der Waals surface area contributed by atoms with Crippen molar-refractivity contribution in [2.75, 3.05) is 23.1 Å². The van der Waals surface area contributed by atoms with Crippen molar-refractivity contribution in [2.24, 2.45) is 0 Å². The fraction of sp³-hybridized carbons (Fsp3) is 0.217. The zero-order chi connectivity index (χ0) is 22.8. The second-order valence-electron chi connectivity index (χ2n) is 7.51. The van der Waals surface area contributed by atoms with Gasteiger partial charge in [0.25, 0.3) is 0 Å². The molecule has 9 nitrogen and oxygen atoms in total. The molecule has 1 atom stereocenters. The third-order valence-electron chi connectivity index (χ3n) is 5.20. The molecule has 0 fully saturated rings. The number of hydrogen-bond donors (Lipinski definition) is 3. The lowest BCUT2D eigenvalue weighted by molar-refractivity contribution is -0.125. The standard InChI is InChI=1S/C23H23N5O4/c1-13-21(15-7-9-18(32-3)10-8-15)27-28-19(12-20(30)26-22(13)28)23(31)25-17-6-4-5-16(11-17)24-14(2)29/h4-11,19H,12H2,1-3H3,(H,24,29)(H,25,31)(H,26,30)/t19-/m1/s1. The number of nitrogens with zero attached hydrogens (tertiary/aromatic N) is 2. The summed E-state index contributed by atoms with van der Waals surface area (Å²) in [6, 6.07) is 13.4. The topological polar surface area (TPSA) is 114 Å². The van der Waals surface area contributed by atoms with E-state index >= 15 is 0 Å². The van der Waals surface area contributed by atoms with Gasteiger partial charge in [0.1, 0.15) is 17.6 Å². The maximum absolute atomic E-state index is 13.1. The van der Waals surface area contributed by atoms with Gasteiger partial charge >= 0.3 is 0 Å². The quantitative estimate of drug-likeness (QED) is 0.571. The Morgan fingerprint density at radius 2 is 1.81 bits per heavy atom. The van der Waals surface area contributed by atoms with E-state index in [1.165, 1.54) is 6.92 Å². The Morgan fingerprint density at radius 3 is 2.47 bits per heavy atom. The zero-order valence-corrected chi connectivity index (χ0v) is 17.9. The fourth-order valence-electron chi connectivity index (χ4n) is 3.67. The first kappa shape index (κ1) is 21.1. The zero-order valence-electron chi connectivity index (χ0n) is 17.9. The average molecular weight is 433 g/mol. The minimum absolute atomic E-state index is 0.0343. The van der Waals surface area contributed by atoms with Crippen LogP contribution in [0.2, 0.25) is 0 Å². The van der Waals surface area contributed by atoms with Gasteiger partial charge in [-0.25, -0.2) is 4.68 Å². The van der Waals surface area contributed by atoms with Gasteiger partial charge in [0.15, 0.2) is 0 Å². The van der Waals surface area contributed by atoms with Crippen LogP contribution in [0.25, 0.3) is 11.3 Å². The van der Waals surface area contributed by atoms with Crippen LogP contribution in [0.3, 0.4) is 0 Å². The highest BCUT2D eigenvalue weighted by atomic mass is 16.5. The molecule has 3 N–H and O–H groups in total. The van der Waals surface area contributed by atoms with Crippen LogP contribution < -0.4 is 20.7 Å². The third-order valence-corrected chi connectivity index (χ3v) is 5.20. The van der Waals surface area contributed by atoms with Crippen molar-refractivity contribution < 1.29 is 19.1 Å². The van der Waals surface area contributed by atoms with Gasteiger partial charge in [0.2, 0.25) is 17.7 Å². The average Bonchev–Trinajstić information content (AvgIpc) is 3.09. The largest absolute Gasteiger partial charge is 0.497 e. The molecular weight excluding hydrogens is 410 g/mol. The molecule has 32 heavy (non-hydrogen) atoms. The monoisotopic (exact) mass is 433 g/mol. The summed E-state index contributed by atoms with van der Waals surface area (Å²) in [4.78, 5) is 36.7. The van der Waals surface area contributed by atoms with Crippen molar-refractivity contribution in [3.05, 3.63) is 54.1 Å². The second kappa shape index (κ2) is 8.54. The molecule has 0 saturated carbocycles. The van der Waals surface area contributed by atoms with E-state index in [0.29, 0.717) is 22.9 Å². The molecule has 0 saturated heterocycles. The van der Waals surface area contributed by atoms with E-state index in [2.05, 4.69) is 21.0 Å². The molecule has 0 radical (unpaired) electrons. The van der Waals surface area contributed by atoms with Gasteiger partial charge in [0, 0.05) is 29.4 Å². The molecule has 3 amide bonds. The first-order valence-electron chi connectivity index (χ1n) is 10.1. The van der Waals surface area contributed by atoms with E-state index in [0.717, 1.165) is 16.9 Å². The Hall–Kier alpha value is -4.14. The molecule has 0 bridgehead atoms. The predicted molar refractivity (Wildman–Crippen MR) is 121 cm³/mol. The Bertz CT molecular complexity index is 1200. The number of nitrogens with one attached hydrogen (secondary N) is 3. The van der Waals surface area contributed by atoms with Crippen LogP contribution in [0.4, 0.5) is 17.2 Å². The number of rotatable bonds is 5. The fourth-order valence-corrected chi connectivity index (χ4v) is 3.67. The highest BCUT2D eigenvalue weighted by Crippen LogP contribution is 2.35. The van der Waals surface area contributed by atoms with Gasteiger partial charge < -0.3 is 20.7 Å². The maximum Gasteiger partial charge on any atom is 0.249 e. The van der Waals surface area contributed by atoms with Gasteiger partial charge in [-0.1, -0.05) is 6.07 Å². The molecule has 2 aromatic carbocycles. The summed E-state index contributed by atoms with van der Waals surface area (Å²) < 4.78 is 6.77. The smallest absolute Gasteiger partial charge is 0.249 e. The summed E-state index contributed by atoms with van der Waals surface area (Å²) in [7, 11) is 1.60. The van der Waals surface area contributed by atoms with Gasteiger partial charge in [0.05, 0.1) is 19.2 Å². The van der Waals surface area contributed by atoms with E-state index in [1.54, 1.807) is 36.1 Å². The summed E-state index contributed by atoms with van der Waals surface area (Å²) in [5.41, 5.74) is 3.37. The first-order valence-corrected chi connectivity index (χ1v) is 10.1. The number of hydrogen-bond acceptors (Lipinski definition) is 5. The predicted octanol–water partition coefficient (Wildman–Crippen LogP) is 3.35. The van der Waals surface area contributed by atoms with Crippen molar-refractivity contribution >= 4 is 34.9 Å². The number of anilines is 3. The molecule has 1 aliphatic rings. The van der Waals surface area contributed by atoms with Crippen molar-refractivity contribution in [3.63, 3.8) is 0 Å². The molecule has 4 rings (SSSR count). The van der Waals surface area contributed by atoms with Gasteiger partial charge in [-0.05, 0) is 49.4 Å². The van der Waals surface area contributed by atoms with Gasteiger partial charge in [-0.3, -0.25) is 14.4 Å². The molecule has 1 aromatic heterocycles. The van der Waals surface area contributed by atoms with Crippen LogP contribution in [-0.2, 0) is 14.4 Å². The Kier molecular flexibility index (Phi) is 5.63. The summed E-state index contributed by atoms with van der Waals surface area (Å²) in [6.07, 6.45) is -0.0343. The Morgan fingerprint density at radius 1 is 1.12 bits per heavy atom. The van der Waals surface area contributed by atoms with E-state index in [1.807, 2.05) is 31.2 Å². The van der Waals surface area contributed by atoms with E-state index < -0.39 is 6.04 Å². The number of aromatic nitrogens is 2. The Balaban J connectivity index is 1.63. The van der Waals surface area contributed by atoms with Crippen molar-refractivity contribution in [1.82, 2.24) is 9.78 Å². The normalized spacial score (nSPS) is 14.8. The van der Waals surface area contributed by atoms with Crippen molar-refractivity contribution in [1.29, 1.82) is 0 Å². The molecule has 2 heterocycles. The number of carbonyl (C=O) groups is 3. The lowest BCUT2D eigenvalue weighted by atomic mass is 10.1. The molecule has 164 valence electrons. The van der Waals surface area contributed by atoms with E-state index in [9.17, 15) is 14.4 Å². The number of amides is 3. The van der Waals surface area contributed by atoms with Crippen LogP contribution in [0.1, 0.15) is 24.9 Å². The van der Waals surface area contributed by atoms with Crippen molar-refractivity contribution in [3.8, 4) is 17.0 Å². The van der Waals surface area contributed by atoms with Crippen LogP contribution in [0, 0.1) is 6.92 Å². The summed E-state index contributed by atoms with van der Waals surface area (Å²) in [5, 5.41) is 13.0. The minimum atomic E-state index is -0.811. The maximum atomic E-state index is 13.1. The summed E-state index contributed by atoms with van der Waals surface area (Å²) in [5.74, 6) is 0.389. The minimum Gasteiger partial charge on any atom is -0.497 e. The third kappa shape index (κ3) is 4.18. The summed E-state index contributed by atoms with van der Waals surface area (Å²) in [6.45, 7) is 3.27. The van der Waals surface area contributed by atoms with Gasteiger partial charge in [-0.2, -0.15) is 5.10 Å². The number of methoxy groups -OCH3 is 1. The first-order chi connectivity index (χ1) is 15.4. The number of benzene rings is 2. The number of fused-ring (bicyclic) bond motifs is 1. The highest BCUT2D eigenvalue weighted by molar-refractivity contribution is 6.02. The van der Waals surface area contributed by atoms with E-state index in [4.69, 9.17) is 4.74 Å². The molecular formula is C23H23N5O4. The van der Waals surface area contributed by atoms with Crippen LogP contribution in [0.15, 0.2) is 48.5 Å². The number of ether oxygens (including phenoxy) is 1. The van der Waals surface area contributed by atoms with Crippen molar-refractivity contribution in [2.45, 2.75) is 26.3 Å². The Labute approximate surface area is 184 Å². The summed E-state index contributed by atoms with van der Waals surface area (Å²) >= 11 is 0. The molecule has 0 unspecified atom stereocenters. The van der Waals surface area contributed by atoms with Crippen LogP contribution in [0.5, 0.6) is 5.75 Å². The lowest BCUT2D eigenvalue weighted by Crippen LogP contribution is -2.35. The molecule has 3 aromatic rings. The molecule has 9 heteroatoms. The molecule has 0 spiro atoms. The SMILES string of the molecule is COc1ccc(-c2nn3c(c2C)NC(=O)C[C@@H]3C(=O)Nc2cccc(NC(C)=O)c2)cc1. The van der Waals surface area contributed by atoms with Gasteiger partial charge in [-0.15, -0.1) is 0 Å². The highest BCUT2D eigenvalue weighted by Gasteiger charge is 2.34. The second-order valence-corrected chi connectivity index (χ2v) is 7.51.